The number of hydrogen-bond donors (Lipinski definition) is 3. The topological polar surface area (TPSA) is 70.6 Å². The molecule has 82 valence electrons. The molecule has 4 nitrogen and oxygen atoms in total. The van der Waals surface area contributed by atoms with Gasteiger partial charge in [-0.1, -0.05) is 24.9 Å². The van der Waals surface area contributed by atoms with Crippen LogP contribution in [0.2, 0.25) is 0 Å². The molecule has 1 aliphatic carbocycles. The average molecular weight is 199 g/mol. The molecule has 0 bridgehead atoms. The third kappa shape index (κ3) is 3.96. The zero-order valence-electron chi connectivity index (χ0n) is 9.03. The molecule has 2 atom stereocenters. The highest BCUT2D eigenvalue weighted by molar-refractivity contribution is 5.82. The minimum atomic E-state index is 0.0988. The van der Waals surface area contributed by atoms with Gasteiger partial charge in [-0.2, -0.15) is 0 Å². The maximum absolute atomic E-state index is 8.46. The van der Waals surface area contributed by atoms with Gasteiger partial charge in [0.2, 0.25) is 0 Å². The van der Waals surface area contributed by atoms with Crippen LogP contribution in [0.5, 0.6) is 0 Å². The van der Waals surface area contributed by atoms with Crippen molar-refractivity contribution in [1.29, 1.82) is 0 Å². The molecule has 1 fully saturated rings. The van der Waals surface area contributed by atoms with Gasteiger partial charge in [-0.15, -0.1) is 0 Å². The van der Waals surface area contributed by atoms with Crippen molar-refractivity contribution in [3.63, 3.8) is 0 Å². The van der Waals surface area contributed by atoms with E-state index in [0.717, 1.165) is 12.5 Å². The van der Waals surface area contributed by atoms with Gasteiger partial charge in [0.25, 0.3) is 0 Å². The lowest BCUT2D eigenvalue weighted by atomic mass is 10.1. The summed E-state index contributed by atoms with van der Waals surface area (Å²) in [4.78, 5) is 0. The molecule has 4 heteroatoms. The fourth-order valence-electron chi connectivity index (χ4n) is 1.52. The number of nitrogens with one attached hydrogen (secondary N) is 1. The van der Waals surface area contributed by atoms with E-state index >= 15 is 0 Å². The Labute approximate surface area is 85.6 Å². The van der Waals surface area contributed by atoms with E-state index in [1.807, 2.05) is 6.92 Å². The van der Waals surface area contributed by atoms with Gasteiger partial charge in [-0.05, 0) is 19.3 Å². The van der Waals surface area contributed by atoms with Gasteiger partial charge in [0.15, 0.2) is 0 Å². The van der Waals surface area contributed by atoms with Gasteiger partial charge < -0.3 is 16.3 Å². The first-order valence-electron chi connectivity index (χ1n) is 5.34. The van der Waals surface area contributed by atoms with Crippen LogP contribution in [-0.2, 0) is 0 Å². The monoisotopic (exact) mass is 199 g/mol. The van der Waals surface area contributed by atoms with Crippen LogP contribution in [0.4, 0.5) is 0 Å². The average Bonchev–Trinajstić information content (AvgIpc) is 2.96. The van der Waals surface area contributed by atoms with Crippen molar-refractivity contribution in [3.8, 4) is 0 Å². The maximum atomic E-state index is 8.46. The zero-order valence-corrected chi connectivity index (χ0v) is 9.03. The Bertz CT molecular complexity index is 202. The van der Waals surface area contributed by atoms with Crippen LogP contribution in [0.3, 0.4) is 0 Å². The molecule has 0 saturated heterocycles. The molecule has 0 aromatic rings. The Balaban J connectivity index is 2.11. The molecule has 0 aromatic carbocycles. The van der Waals surface area contributed by atoms with E-state index in [1.54, 1.807) is 0 Å². The molecule has 0 aliphatic heterocycles. The largest absolute Gasteiger partial charge is 0.409 e. The van der Waals surface area contributed by atoms with Gasteiger partial charge in [-0.25, -0.2) is 0 Å². The number of amidine groups is 1. The van der Waals surface area contributed by atoms with E-state index in [1.165, 1.54) is 19.3 Å². The normalized spacial score (nSPS) is 22.0. The first-order chi connectivity index (χ1) is 6.63. The summed E-state index contributed by atoms with van der Waals surface area (Å²) in [5.74, 6) is 1.34. The standard InChI is InChI=1S/C10H21N3O/c1-7(10(11)13-14)6-12-8(2)5-9-3-4-9/h7-9,12,14H,3-6H2,1-2H3,(H2,11,13). The number of hydrogen-bond acceptors (Lipinski definition) is 3. The quantitative estimate of drug-likeness (QED) is 0.260. The lowest BCUT2D eigenvalue weighted by molar-refractivity contribution is 0.313. The highest BCUT2D eigenvalue weighted by Crippen LogP contribution is 2.33. The predicted octanol–water partition coefficient (Wildman–Crippen LogP) is 1.15. The van der Waals surface area contributed by atoms with E-state index in [9.17, 15) is 0 Å². The van der Waals surface area contributed by atoms with Crippen LogP contribution < -0.4 is 11.1 Å². The smallest absolute Gasteiger partial charge is 0.143 e. The van der Waals surface area contributed by atoms with E-state index in [4.69, 9.17) is 10.9 Å². The Kier molecular flexibility index (Phi) is 4.20. The van der Waals surface area contributed by atoms with Gasteiger partial charge in [-0.3, -0.25) is 0 Å². The van der Waals surface area contributed by atoms with E-state index in [-0.39, 0.29) is 5.92 Å². The number of oxime groups is 1. The molecular weight excluding hydrogens is 178 g/mol. The van der Waals surface area contributed by atoms with Crippen molar-refractivity contribution < 1.29 is 5.21 Å². The molecule has 0 radical (unpaired) electrons. The Hall–Kier alpha value is -0.770. The fourth-order valence-corrected chi connectivity index (χ4v) is 1.52. The van der Waals surface area contributed by atoms with Gasteiger partial charge in [0.1, 0.15) is 5.84 Å². The summed E-state index contributed by atoms with van der Waals surface area (Å²) in [5.41, 5.74) is 5.48. The van der Waals surface area contributed by atoms with Crippen LogP contribution in [0.1, 0.15) is 33.1 Å². The second-order valence-corrected chi connectivity index (χ2v) is 4.41. The molecule has 2 unspecified atom stereocenters. The first-order valence-corrected chi connectivity index (χ1v) is 5.34. The van der Waals surface area contributed by atoms with E-state index < -0.39 is 0 Å². The Morgan fingerprint density at radius 1 is 1.57 bits per heavy atom. The molecule has 1 saturated carbocycles. The summed E-state index contributed by atoms with van der Waals surface area (Å²) in [6.45, 7) is 4.92. The zero-order chi connectivity index (χ0) is 10.6. The van der Waals surface area contributed by atoms with E-state index in [0.29, 0.717) is 11.9 Å². The first kappa shape index (κ1) is 11.3. The van der Waals surface area contributed by atoms with Crippen molar-refractivity contribution in [1.82, 2.24) is 5.32 Å². The minimum absolute atomic E-state index is 0.0988. The highest BCUT2D eigenvalue weighted by Gasteiger charge is 2.23. The van der Waals surface area contributed by atoms with Crippen LogP contribution in [0.25, 0.3) is 0 Å². The summed E-state index contributed by atoms with van der Waals surface area (Å²) in [7, 11) is 0. The SMILES string of the molecule is CC(CC1CC1)NCC(C)C(N)=NO. The fraction of sp³-hybridized carbons (Fsp3) is 0.900. The summed E-state index contributed by atoms with van der Waals surface area (Å²) in [6, 6.07) is 0.538. The van der Waals surface area contributed by atoms with Crippen LogP contribution in [-0.4, -0.2) is 23.6 Å². The number of nitrogens with zero attached hydrogens (tertiary/aromatic N) is 1. The third-order valence-corrected chi connectivity index (χ3v) is 2.78. The molecule has 0 amide bonds. The maximum Gasteiger partial charge on any atom is 0.143 e. The summed E-state index contributed by atoms with van der Waals surface area (Å²) < 4.78 is 0. The molecule has 0 aromatic heterocycles. The molecule has 1 rings (SSSR count). The van der Waals surface area contributed by atoms with Gasteiger partial charge >= 0.3 is 0 Å². The minimum Gasteiger partial charge on any atom is -0.409 e. The molecular formula is C10H21N3O. The van der Waals surface area contributed by atoms with Gasteiger partial charge in [0, 0.05) is 18.5 Å². The molecule has 4 N–H and O–H groups in total. The third-order valence-electron chi connectivity index (χ3n) is 2.78. The lowest BCUT2D eigenvalue weighted by Crippen LogP contribution is -2.36. The predicted molar refractivity (Wildman–Crippen MR) is 57.4 cm³/mol. The number of rotatable bonds is 6. The van der Waals surface area contributed by atoms with Crippen molar-refractivity contribution in [2.45, 2.75) is 39.2 Å². The number of nitrogens with two attached hydrogens (primary N) is 1. The van der Waals surface area contributed by atoms with Crippen molar-refractivity contribution in [2.24, 2.45) is 22.7 Å². The second-order valence-electron chi connectivity index (χ2n) is 4.41. The lowest BCUT2D eigenvalue weighted by Gasteiger charge is -2.16. The van der Waals surface area contributed by atoms with Crippen molar-refractivity contribution >= 4 is 5.84 Å². The summed E-state index contributed by atoms with van der Waals surface area (Å²) in [6.07, 6.45) is 4.03. The van der Waals surface area contributed by atoms with Crippen LogP contribution in [0.15, 0.2) is 5.16 Å². The Morgan fingerprint density at radius 2 is 2.21 bits per heavy atom. The van der Waals surface area contributed by atoms with Crippen LogP contribution in [0, 0.1) is 11.8 Å². The summed E-state index contributed by atoms with van der Waals surface area (Å²) in [5, 5.41) is 14.9. The summed E-state index contributed by atoms with van der Waals surface area (Å²) >= 11 is 0. The van der Waals surface area contributed by atoms with Gasteiger partial charge in [0.05, 0.1) is 0 Å². The molecule has 0 spiro atoms. The van der Waals surface area contributed by atoms with Crippen molar-refractivity contribution in [2.75, 3.05) is 6.54 Å². The molecule has 1 aliphatic rings. The second kappa shape index (κ2) is 5.20. The van der Waals surface area contributed by atoms with Crippen LogP contribution >= 0.6 is 0 Å². The van der Waals surface area contributed by atoms with Crippen molar-refractivity contribution in [3.05, 3.63) is 0 Å². The highest BCUT2D eigenvalue weighted by atomic mass is 16.4. The van der Waals surface area contributed by atoms with E-state index in [2.05, 4.69) is 17.4 Å². The molecule has 0 heterocycles. The Morgan fingerprint density at radius 3 is 2.71 bits per heavy atom. The molecule has 14 heavy (non-hydrogen) atoms.